The average molecular weight is 1020 g/mol. The van der Waals surface area contributed by atoms with Gasteiger partial charge in [0.05, 0.1) is 27.7 Å². The first kappa shape index (κ1) is 68.7. The Labute approximate surface area is 442 Å². The quantitative estimate of drug-likeness (QED) is 0.0195. The number of esters is 2. The van der Waals surface area contributed by atoms with Gasteiger partial charge in [0.2, 0.25) is 0 Å². The van der Waals surface area contributed by atoms with Gasteiger partial charge in [-0.15, -0.1) is 0 Å². The lowest BCUT2D eigenvalue weighted by Crippen LogP contribution is -2.37. The molecule has 412 valence electrons. The van der Waals surface area contributed by atoms with Crippen molar-refractivity contribution in [3.8, 4) is 0 Å². The van der Waals surface area contributed by atoms with Gasteiger partial charge in [0.25, 0.3) is 7.82 Å². The SMILES string of the molecule is CC/C=C\C/C=C\C/C=C\C/C=C\C/C=C\C/C=C\C/C=C\CCCCCCCCCCCCCC(=O)OC(COC(=O)CCCCCCC/C=C\C/C=C\CCCCC)COP(=O)([O-])OCC[N+](C)(C)C. The Bertz CT molecular complexity index is 1580. The molecule has 0 N–H and O–H groups in total. The molecule has 9 nitrogen and oxygen atoms in total. The van der Waals surface area contributed by atoms with Gasteiger partial charge in [-0.1, -0.05) is 213 Å². The fourth-order valence-electron chi connectivity index (χ4n) is 7.37. The summed E-state index contributed by atoms with van der Waals surface area (Å²) >= 11 is 0. The van der Waals surface area contributed by atoms with Crippen molar-refractivity contribution in [3.63, 3.8) is 0 Å². The van der Waals surface area contributed by atoms with Gasteiger partial charge < -0.3 is 27.9 Å². The van der Waals surface area contributed by atoms with Crippen LogP contribution in [-0.4, -0.2) is 70.0 Å². The van der Waals surface area contributed by atoms with Crippen molar-refractivity contribution in [3.05, 3.63) is 109 Å². The molecule has 0 amide bonds. The fraction of sp³-hybridized carbons (Fsp3) is 0.677. The lowest BCUT2D eigenvalue weighted by molar-refractivity contribution is -0.870. The summed E-state index contributed by atoms with van der Waals surface area (Å²) in [5, 5.41) is 0. The topological polar surface area (TPSA) is 111 Å². The number of quaternary nitrogens is 1. The molecule has 0 aliphatic rings. The Morgan fingerprint density at radius 1 is 0.444 bits per heavy atom. The van der Waals surface area contributed by atoms with E-state index >= 15 is 0 Å². The van der Waals surface area contributed by atoms with E-state index in [0.29, 0.717) is 23.9 Å². The van der Waals surface area contributed by atoms with Crippen LogP contribution in [0.5, 0.6) is 0 Å². The number of ether oxygens (including phenoxy) is 2. The van der Waals surface area contributed by atoms with Crippen molar-refractivity contribution in [1.29, 1.82) is 0 Å². The molecule has 72 heavy (non-hydrogen) atoms. The van der Waals surface area contributed by atoms with Crippen LogP contribution in [0.2, 0.25) is 0 Å². The molecular weight excluding hydrogens is 918 g/mol. The Morgan fingerprint density at radius 3 is 1.18 bits per heavy atom. The van der Waals surface area contributed by atoms with E-state index in [1.165, 1.54) is 70.6 Å². The molecule has 0 aromatic heterocycles. The molecule has 2 atom stereocenters. The number of hydrogen-bond acceptors (Lipinski definition) is 8. The average Bonchev–Trinajstić information content (AvgIpc) is 3.34. The number of hydrogen-bond donors (Lipinski definition) is 0. The Kier molecular flexibility index (Phi) is 50.1. The molecule has 0 spiro atoms. The number of rotatable bonds is 51. The monoisotopic (exact) mass is 1020 g/mol. The van der Waals surface area contributed by atoms with Gasteiger partial charge in [0.15, 0.2) is 6.10 Å². The minimum absolute atomic E-state index is 0.0387. The molecule has 0 aromatic carbocycles. The van der Waals surface area contributed by atoms with Crippen LogP contribution in [0.15, 0.2) is 109 Å². The highest BCUT2D eigenvalue weighted by Gasteiger charge is 2.21. The van der Waals surface area contributed by atoms with Gasteiger partial charge in [-0.3, -0.25) is 14.2 Å². The standard InChI is InChI=1S/C62H106NO8P/c1-6-8-10-12-14-16-18-20-22-23-24-25-26-27-28-29-30-31-32-33-34-35-36-37-38-39-41-43-45-47-49-51-53-55-62(65)71-60(59-70-72(66,67)69-57-56-63(3,4)5)58-68-61(64)54-52-50-48-46-44-42-40-21-19-17-15-13-11-9-7-2/h8,10,14-17,20-22,24-25,27-28,30-31,33-34,40,60H,6-7,9,11-13,18-19,23,26,29,32,35-39,41-59H2,1-5H3/b10-8-,16-14-,17-15-,22-20-,25-24-,28-27-,31-30-,34-33-,40-21-. The first-order valence-electron chi connectivity index (χ1n) is 28.6. The molecule has 0 rings (SSSR count). The Morgan fingerprint density at radius 2 is 0.792 bits per heavy atom. The highest BCUT2D eigenvalue weighted by molar-refractivity contribution is 7.45. The summed E-state index contributed by atoms with van der Waals surface area (Å²) in [5.41, 5.74) is 0. The van der Waals surface area contributed by atoms with Crippen LogP contribution in [0, 0.1) is 0 Å². The van der Waals surface area contributed by atoms with Crippen molar-refractivity contribution in [2.24, 2.45) is 0 Å². The molecule has 10 heteroatoms. The van der Waals surface area contributed by atoms with Crippen LogP contribution in [0.25, 0.3) is 0 Å². The molecule has 0 bridgehead atoms. The summed E-state index contributed by atoms with van der Waals surface area (Å²) in [4.78, 5) is 37.8. The van der Waals surface area contributed by atoms with E-state index < -0.39 is 32.5 Å². The number of phosphoric acid groups is 1. The number of unbranched alkanes of at least 4 members (excludes halogenated alkanes) is 19. The van der Waals surface area contributed by atoms with Crippen molar-refractivity contribution >= 4 is 19.8 Å². The normalized spacial score (nSPS) is 14.1. The van der Waals surface area contributed by atoms with E-state index in [4.69, 9.17) is 18.5 Å². The zero-order valence-electron chi connectivity index (χ0n) is 46.6. The summed E-state index contributed by atoms with van der Waals surface area (Å²) in [6.45, 7) is 4.07. The molecule has 0 saturated carbocycles. The molecule has 0 radical (unpaired) electrons. The predicted octanol–water partition coefficient (Wildman–Crippen LogP) is 17.2. The smallest absolute Gasteiger partial charge is 0.306 e. The molecule has 2 unspecified atom stereocenters. The van der Waals surface area contributed by atoms with E-state index in [0.717, 1.165) is 109 Å². The minimum Gasteiger partial charge on any atom is -0.756 e. The summed E-state index contributed by atoms with van der Waals surface area (Å²) in [6.07, 6.45) is 72.7. The second kappa shape index (κ2) is 52.5. The molecule has 0 aliphatic carbocycles. The number of carbonyl (C=O) groups excluding carboxylic acids is 2. The van der Waals surface area contributed by atoms with E-state index in [1.54, 1.807) is 0 Å². The third-order valence-corrected chi connectivity index (χ3v) is 12.7. The van der Waals surface area contributed by atoms with Gasteiger partial charge in [-0.25, -0.2) is 0 Å². The minimum atomic E-state index is -4.64. The predicted molar refractivity (Wildman–Crippen MR) is 305 cm³/mol. The second-order valence-electron chi connectivity index (χ2n) is 19.9. The molecular formula is C62H106NO8P. The zero-order chi connectivity index (χ0) is 52.7. The number of likely N-dealkylation sites (N-methyl/N-ethyl adjacent to an activating group) is 1. The van der Waals surface area contributed by atoms with E-state index in [1.807, 2.05) is 21.1 Å². The van der Waals surface area contributed by atoms with Crippen LogP contribution in [0.1, 0.15) is 219 Å². The van der Waals surface area contributed by atoms with Crippen LogP contribution >= 0.6 is 7.82 Å². The summed E-state index contributed by atoms with van der Waals surface area (Å²) < 4.78 is 34.1. The highest BCUT2D eigenvalue weighted by Crippen LogP contribution is 2.38. The van der Waals surface area contributed by atoms with Crippen LogP contribution < -0.4 is 4.89 Å². The van der Waals surface area contributed by atoms with Gasteiger partial charge in [0, 0.05) is 12.8 Å². The number of phosphoric ester groups is 1. The van der Waals surface area contributed by atoms with Gasteiger partial charge in [-0.2, -0.15) is 0 Å². The van der Waals surface area contributed by atoms with Crippen LogP contribution in [0.3, 0.4) is 0 Å². The van der Waals surface area contributed by atoms with E-state index in [2.05, 4.69) is 123 Å². The molecule has 0 heterocycles. The summed E-state index contributed by atoms with van der Waals surface area (Å²) in [7, 11) is 1.14. The highest BCUT2D eigenvalue weighted by atomic mass is 31.2. The molecule has 0 aromatic rings. The third-order valence-electron chi connectivity index (χ3n) is 11.8. The van der Waals surface area contributed by atoms with Gasteiger partial charge in [0.1, 0.15) is 19.8 Å². The summed E-state index contributed by atoms with van der Waals surface area (Å²) in [5.74, 6) is -0.858. The van der Waals surface area contributed by atoms with Crippen molar-refractivity contribution < 1.29 is 42.1 Å². The second-order valence-corrected chi connectivity index (χ2v) is 21.3. The lowest BCUT2D eigenvalue weighted by Gasteiger charge is -2.28. The lowest BCUT2D eigenvalue weighted by atomic mass is 10.0. The van der Waals surface area contributed by atoms with Crippen LogP contribution in [0.4, 0.5) is 0 Å². The molecule has 0 fully saturated rings. The number of allylic oxidation sites excluding steroid dienone is 18. The zero-order valence-corrected chi connectivity index (χ0v) is 47.5. The first-order chi connectivity index (χ1) is 35.0. The maximum atomic E-state index is 12.8. The van der Waals surface area contributed by atoms with E-state index in [-0.39, 0.29) is 26.1 Å². The van der Waals surface area contributed by atoms with Crippen molar-refractivity contribution in [1.82, 2.24) is 0 Å². The molecule has 0 saturated heterocycles. The van der Waals surface area contributed by atoms with Gasteiger partial charge in [-0.05, 0) is 103 Å². The largest absolute Gasteiger partial charge is 0.756 e. The van der Waals surface area contributed by atoms with Crippen LogP contribution in [-0.2, 0) is 32.7 Å². The third kappa shape index (κ3) is 56.0. The Hall–Kier alpha value is -3.33. The number of carbonyl (C=O) groups is 2. The van der Waals surface area contributed by atoms with Crippen molar-refractivity contribution in [2.75, 3.05) is 47.5 Å². The van der Waals surface area contributed by atoms with E-state index in [9.17, 15) is 19.0 Å². The maximum Gasteiger partial charge on any atom is 0.306 e. The number of nitrogens with zero attached hydrogens (tertiary/aromatic N) is 1. The maximum absolute atomic E-state index is 12.8. The summed E-state index contributed by atoms with van der Waals surface area (Å²) in [6, 6.07) is 0. The molecule has 0 aliphatic heterocycles. The first-order valence-corrected chi connectivity index (χ1v) is 30.1. The van der Waals surface area contributed by atoms with Crippen molar-refractivity contribution in [2.45, 2.75) is 225 Å². The Balaban J connectivity index is 4.15. The fourth-order valence-corrected chi connectivity index (χ4v) is 8.10. The van der Waals surface area contributed by atoms with Gasteiger partial charge >= 0.3 is 11.9 Å².